The monoisotopic (exact) mass is 381 g/mol. The van der Waals surface area contributed by atoms with Crippen molar-refractivity contribution in [3.05, 3.63) is 29.7 Å². The number of hydrogen-bond donors (Lipinski definition) is 3. The quantitative estimate of drug-likeness (QED) is 0.722. The average molecular weight is 382 g/mol. The van der Waals surface area contributed by atoms with E-state index >= 15 is 0 Å². The van der Waals surface area contributed by atoms with E-state index in [1.54, 1.807) is 11.0 Å². The first kappa shape index (κ1) is 20.0. The van der Waals surface area contributed by atoms with Gasteiger partial charge in [0.25, 0.3) is 5.91 Å². The number of nitrogens with two attached hydrogens (primary N) is 1. The number of aromatic amines is 1. The van der Waals surface area contributed by atoms with Crippen LogP contribution in [0.25, 0.3) is 11.5 Å². The van der Waals surface area contributed by atoms with Crippen LogP contribution in [0.3, 0.4) is 0 Å². The lowest BCUT2D eigenvalue weighted by atomic mass is 9.97. The number of halogens is 1. The van der Waals surface area contributed by atoms with Gasteiger partial charge in [0.2, 0.25) is 5.91 Å². The summed E-state index contributed by atoms with van der Waals surface area (Å²) in [6.07, 6.45) is 1.57. The number of rotatable bonds is 5. The fourth-order valence-corrected chi connectivity index (χ4v) is 3.01. The summed E-state index contributed by atoms with van der Waals surface area (Å²) in [5.41, 5.74) is 6.40. The summed E-state index contributed by atoms with van der Waals surface area (Å²) in [5, 5.41) is 9.73. The van der Waals surface area contributed by atoms with E-state index in [4.69, 9.17) is 10.2 Å². The fraction of sp³-hybridized carbons (Fsp3) is 0.471. The average Bonchev–Trinajstić information content (AvgIpc) is 3.28. The molecule has 2 amide bonds. The van der Waals surface area contributed by atoms with Crippen molar-refractivity contribution >= 4 is 24.2 Å². The van der Waals surface area contributed by atoms with Gasteiger partial charge in [0.05, 0.1) is 5.92 Å². The predicted molar refractivity (Wildman–Crippen MR) is 99.0 cm³/mol. The van der Waals surface area contributed by atoms with Crippen molar-refractivity contribution in [2.75, 3.05) is 26.2 Å². The Bertz CT molecular complexity index is 757. The molecule has 0 aliphatic carbocycles. The lowest BCUT2D eigenvalue weighted by molar-refractivity contribution is -0.126. The summed E-state index contributed by atoms with van der Waals surface area (Å²) < 4.78 is 5.53. The number of piperidine rings is 1. The van der Waals surface area contributed by atoms with Crippen LogP contribution in [0, 0.1) is 12.8 Å². The van der Waals surface area contributed by atoms with Gasteiger partial charge in [0, 0.05) is 32.2 Å². The predicted octanol–water partition coefficient (Wildman–Crippen LogP) is 1.33. The molecule has 9 heteroatoms. The van der Waals surface area contributed by atoms with E-state index in [1.807, 2.05) is 19.1 Å². The van der Waals surface area contributed by atoms with E-state index in [0.717, 1.165) is 18.6 Å². The zero-order chi connectivity index (χ0) is 17.8. The van der Waals surface area contributed by atoms with Gasteiger partial charge in [-0.1, -0.05) is 0 Å². The zero-order valence-corrected chi connectivity index (χ0v) is 15.5. The van der Waals surface area contributed by atoms with Gasteiger partial charge in [-0.2, -0.15) is 5.10 Å². The van der Waals surface area contributed by atoms with Crippen LogP contribution in [-0.2, 0) is 4.79 Å². The minimum absolute atomic E-state index is 0. The van der Waals surface area contributed by atoms with Crippen molar-refractivity contribution in [2.45, 2.75) is 19.8 Å². The molecule has 3 heterocycles. The van der Waals surface area contributed by atoms with Crippen LogP contribution in [0.2, 0.25) is 0 Å². The number of carbonyl (C=O) groups excluding carboxylic acids is 2. The topological polar surface area (TPSA) is 117 Å². The highest BCUT2D eigenvalue weighted by molar-refractivity contribution is 5.93. The number of likely N-dealkylation sites (tertiary alicyclic amines) is 1. The number of nitrogens with one attached hydrogen (secondary N) is 2. The molecule has 1 saturated heterocycles. The molecule has 2 aromatic rings. The molecule has 0 bridgehead atoms. The summed E-state index contributed by atoms with van der Waals surface area (Å²) in [7, 11) is 0. The summed E-state index contributed by atoms with van der Waals surface area (Å²) >= 11 is 0. The van der Waals surface area contributed by atoms with E-state index in [2.05, 4.69) is 15.5 Å². The van der Waals surface area contributed by atoms with E-state index < -0.39 is 0 Å². The Morgan fingerprint density at radius 1 is 1.46 bits per heavy atom. The van der Waals surface area contributed by atoms with Crippen molar-refractivity contribution in [1.29, 1.82) is 0 Å². The highest BCUT2D eigenvalue weighted by atomic mass is 35.5. The number of aromatic nitrogens is 2. The van der Waals surface area contributed by atoms with Crippen LogP contribution < -0.4 is 11.1 Å². The lowest BCUT2D eigenvalue weighted by Crippen LogP contribution is -2.46. The minimum Gasteiger partial charge on any atom is -0.460 e. The molecule has 0 aromatic carbocycles. The standard InChI is InChI=1S/C17H23N5O3.ClH/c1-11-4-5-15(25-11)13-9-14(21-20-13)17(24)22-8-2-3-12(10-22)16(23)19-7-6-18;/h4-5,9,12H,2-3,6-8,10,18H2,1H3,(H,19,23)(H,20,21);1H. The van der Waals surface area contributed by atoms with Crippen LogP contribution in [0.4, 0.5) is 0 Å². The number of amides is 2. The molecule has 0 spiro atoms. The summed E-state index contributed by atoms with van der Waals surface area (Å²) in [6, 6.07) is 5.36. The van der Waals surface area contributed by atoms with Crippen molar-refractivity contribution in [3.8, 4) is 11.5 Å². The molecule has 2 aromatic heterocycles. The third-order valence-electron chi connectivity index (χ3n) is 4.33. The molecule has 4 N–H and O–H groups in total. The second kappa shape index (κ2) is 8.86. The van der Waals surface area contributed by atoms with Gasteiger partial charge < -0.3 is 20.4 Å². The van der Waals surface area contributed by atoms with E-state index in [1.165, 1.54) is 0 Å². The molecule has 1 fully saturated rings. The second-order valence-corrected chi connectivity index (χ2v) is 6.25. The first-order chi connectivity index (χ1) is 12.1. The number of carbonyl (C=O) groups is 2. The van der Waals surface area contributed by atoms with Gasteiger partial charge in [-0.15, -0.1) is 12.4 Å². The normalized spacial score (nSPS) is 16.8. The molecule has 3 rings (SSSR count). The fourth-order valence-electron chi connectivity index (χ4n) is 3.01. The van der Waals surface area contributed by atoms with E-state index in [-0.39, 0.29) is 30.1 Å². The number of H-pyrrole nitrogens is 1. The first-order valence-electron chi connectivity index (χ1n) is 8.47. The number of aryl methyl sites for hydroxylation is 1. The third-order valence-corrected chi connectivity index (χ3v) is 4.33. The van der Waals surface area contributed by atoms with Crippen LogP contribution in [0.5, 0.6) is 0 Å². The van der Waals surface area contributed by atoms with Gasteiger partial charge in [-0.05, 0) is 31.9 Å². The number of nitrogens with zero attached hydrogens (tertiary/aromatic N) is 2. The van der Waals surface area contributed by atoms with E-state index in [9.17, 15) is 9.59 Å². The highest BCUT2D eigenvalue weighted by Crippen LogP contribution is 2.22. The van der Waals surface area contributed by atoms with Gasteiger partial charge in [0.15, 0.2) is 11.5 Å². The van der Waals surface area contributed by atoms with Gasteiger partial charge in [-0.3, -0.25) is 14.7 Å². The minimum atomic E-state index is -0.199. The Morgan fingerprint density at radius 2 is 2.27 bits per heavy atom. The third kappa shape index (κ3) is 4.44. The molecule has 1 aliphatic heterocycles. The molecule has 26 heavy (non-hydrogen) atoms. The molecular formula is C17H24ClN5O3. The summed E-state index contributed by atoms with van der Waals surface area (Å²) in [4.78, 5) is 26.5. The first-order valence-corrected chi connectivity index (χ1v) is 8.47. The maximum atomic E-state index is 12.7. The molecule has 8 nitrogen and oxygen atoms in total. The van der Waals surface area contributed by atoms with E-state index in [0.29, 0.717) is 43.3 Å². The number of furan rings is 1. The zero-order valence-electron chi connectivity index (χ0n) is 14.7. The van der Waals surface area contributed by atoms with Crippen LogP contribution in [-0.4, -0.2) is 53.1 Å². The SMILES string of the molecule is Cc1ccc(-c2cc(C(=O)N3CCCC(C(=O)NCCN)C3)n[nH]2)o1.Cl. The Labute approximate surface area is 157 Å². The Balaban J connectivity index is 0.00000243. The van der Waals surface area contributed by atoms with Crippen molar-refractivity contribution < 1.29 is 14.0 Å². The van der Waals surface area contributed by atoms with Crippen LogP contribution >= 0.6 is 12.4 Å². The molecule has 1 atom stereocenters. The van der Waals surface area contributed by atoms with Gasteiger partial charge >= 0.3 is 0 Å². The van der Waals surface area contributed by atoms with Gasteiger partial charge in [0.1, 0.15) is 11.5 Å². The lowest BCUT2D eigenvalue weighted by Gasteiger charge is -2.31. The summed E-state index contributed by atoms with van der Waals surface area (Å²) in [5.74, 6) is 1.01. The smallest absolute Gasteiger partial charge is 0.274 e. The molecule has 0 saturated carbocycles. The van der Waals surface area contributed by atoms with Crippen molar-refractivity contribution in [1.82, 2.24) is 20.4 Å². The molecular weight excluding hydrogens is 358 g/mol. The van der Waals surface area contributed by atoms with Crippen LogP contribution in [0.15, 0.2) is 22.6 Å². The Morgan fingerprint density at radius 3 is 2.96 bits per heavy atom. The highest BCUT2D eigenvalue weighted by Gasteiger charge is 2.29. The largest absolute Gasteiger partial charge is 0.460 e. The Kier molecular flexibility index (Phi) is 6.82. The molecule has 0 radical (unpaired) electrons. The maximum Gasteiger partial charge on any atom is 0.274 e. The van der Waals surface area contributed by atoms with Crippen molar-refractivity contribution in [3.63, 3.8) is 0 Å². The Hall–Kier alpha value is -2.32. The molecule has 1 unspecified atom stereocenters. The van der Waals surface area contributed by atoms with Gasteiger partial charge in [-0.25, -0.2) is 0 Å². The maximum absolute atomic E-state index is 12.7. The molecule has 142 valence electrons. The number of hydrogen-bond acceptors (Lipinski definition) is 5. The van der Waals surface area contributed by atoms with Crippen molar-refractivity contribution in [2.24, 2.45) is 11.7 Å². The molecule has 1 aliphatic rings. The summed E-state index contributed by atoms with van der Waals surface area (Å²) in [6.45, 7) is 3.74. The second-order valence-electron chi connectivity index (χ2n) is 6.25. The van der Waals surface area contributed by atoms with Crippen LogP contribution in [0.1, 0.15) is 29.1 Å².